The Bertz CT molecular complexity index is 558. The summed E-state index contributed by atoms with van der Waals surface area (Å²) >= 11 is 0. The fourth-order valence-electron chi connectivity index (χ4n) is 2.41. The third-order valence-corrected chi connectivity index (χ3v) is 3.46. The van der Waals surface area contributed by atoms with Crippen molar-refractivity contribution in [1.29, 1.82) is 0 Å². The number of methoxy groups -OCH3 is 2. The molecule has 2 N–H and O–H groups in total. The largest absolute Gasteiger partial charge is 0.497 e. The van der Waals surface area contributed by atoms with E-state index in [1.807, 2.05) is 0 Å². The summed E-state index contributed by atoms with van der Waals surface area (Å²) in [6, 6.07) is 3.67. The van der Waals surface area contributed by atoms with Crippen LogP contribution in [0.4, 0.5) is 0 Å². The van der Waals surface area contributed by atoms with Crippen molar-refractivity contribution in [2.45, 2.75) is 18.6 Å². The number of carbonyl (C=O) groups is 2. The number of carbonyl (C=O) groups excluding carboxylic acids is 1. The van der Waals surface area contributed by atoms with E-state index in [-0.39, 0.29) is 18.5 Å². The molecule has 2 atom stereocenters. The first-order chi connectivity index (χ1) is 9.97. The van der Waals surface area contributed by atoms with E-state index in [4.69, 9.17) is 14.6 Å². The molecule has 21 heavy (non-hydrogen) atoms. The Hall–Kier alpha value is -2.28. The molecule has 0 aromatic heterocycles. The van der Waals surface area contributed by atoms with Gasteiger partial charge in [0, 0.05) is 13.0 Å². The van der Waals surface area contributed by atoms with Crippen molar-refractivity contribution < 1.29 is 29.3 Å². The summed E-state index contributed by atoms with van der Waals surface area (Å²) in [6.07, 6.45) is -0.820. The standard InChI is InChI=1S/C14H17NO6/c1-20-9-3-4-12(21-2)10(6-9)13(17)15-7-8(16)5-11(15)14(18)19/h3-4,6,8,11,16H,5,7H2,1-2H3,(H,18,19). The number of ether oxygens (including phenoxy) is 2. The molecule has 0 bridgehead atoms. The second kappa shape index (κ2) is 6.01. The van der Waals surface area contributed by atoms with E-state index >= 15 is 0 Å². The quantitative estimate of drug-likeness (QED) is 0.833. The van der Waals surface area contributed by atoms with Crippen LogP contribution in [0.1, 0.15) is 16.8 Å². The molecule has 1 amide bonds. The number of β-amino-alcohol motifs (C(OH)–C–C–N with tert-alkyl or cyclic N) is 1. The molecule has 114 valence electrons. The first-order valence-electron chi connectivity index (χ1n) is 6.41. The fraction of sp³-hybridized carbons (Fsp3) is 0.429. The molecule has 0 spiro atoms. The molecular weight excluding hydrogens is 278 g/mol. The summed E-state index contributed by atoms with van der Waals surface area (Å²) in [5.74, 6) is -0.853. The molecule has 0 saturated carbocycles. The van der Waals surface area contributed by atoms with Crippen LogP contribution in [-0.4, -0.2) is 59.9 Å². The molecule has 7 nitrogen and oxygen atoms in total. The number of aliphatic hydroxyl groups excluding tert-OH is 1. The average Bonchev–Trinajstić information content (AvgIpc) is 2.88. The molecule has 1 fully saturated rings. The number of aliphatic hydroxyl groups is 1. The Morgan fingerprint density at radius 3 is 2.57 bits per heavy atom. The van der Waals surface area contributed by atoms with Gasteiger partial charge in [0.15, 0.2) is 0 Å². The summed E-state index contributed by atoms with van der Waals surface area (Å²) in [6.45, 7) is -0.0177. The Morgan fingerprint density at radius 1 is 1.29 bits per heavy atom. The predicted molar refractivity (Wildman–Crippen MR) is 72.6 cm³/mol. The van der Waals surface area contributed by atoms with Gasteiger partial charge in [-0.15, -0.1) is 0 Å². The predicted octanol–water partition coefficient (Wildman–Crippen LogP) is 0.364. The molecule has 0 aliphatic carbocycles. The average molecular weight is 295 g/mol. The molecule has 2 rings (SSSR count). The van der Waals surface area contributed by atoms with Gasteiger partial charge in [-0.05, 0) is 18.2 Å². The maximum Gasteiger partial charge on any atom is 0.326 e. The van der Waals surface area contributed by atoms with Crippen LogP contribution in [0.2, 0.25) is 0 Å². The van der Waals surface area contributed by atoms with Gasteiger partial charge >= 0.3 is 5.97 Å². The molecule has 1 aromatic rings. The van der Waals surface area contributed by atoms with Crippen LogP contribution in [0.15, 0.2) is 18.2 Å². The van der Waals surface area contributed by atoms with Crippen LogP contribution in [0.3, 0.4) is 0 Å². The molecule has 1 aliphatic rings. The van der Waals surface area contributed by atoms with E-state index in [0.717, 1.165) is 4.90 Å². The number of hydrogen-bond acceptors (Lipinski definition) is 5. The van der Waals surface area contributed by atoms with E-state index in [1.165, 1.54) is 20.3 Å². The van der Waals surface area contributed by atoms with Gasteiger partial charge in [0.05, 0.1) is 25.9 Å². The van der Waals surface area contributed by atoms with Crippen LogP contribution in [0, 0.1) is 0 Å². The van der Waals surface area contributed by atoms with E-state index in [2.05, 4.69) is 0 Å². The lowest BCUT2D eigenvalue weighted by molar-refractivity contribution is -0.141. The SMILES string of the molecule is COc1ccc(OC)c(C(=O)N2CC(O)CC2C(=O)O)c1. The zero-order valence-corrected chi connectivity index (χ0v) is 11.8. The minimum atomic E-state index is -1.14. The lowest BCUT2D eigenvalue weighted by Gasteiger charge is -2.22. The number of amides is 1. The van der Waals surface area contributed by atoms with Crippen molar-refractivity contribution in [1.82, 2.24) is 4.90 Å². The first-order valence-corrected chi connectivity index (χ1v) is 6.41. The van der Waals surface area contributed by atoms with Gasteiger partial charge in [0.1, 0.15) is 17.5 Å². The van der Waals surface area contributed by atoms with Crippen LogP contribution in [0.25, 0.3) is 0 Å². The summed E-state index contributed by atoms with van der Waals surface area (Å²) in [4.78, 5) is 24.9. The second-order valence-corrected chi connectivity index (χ2v) is 4.77. The highest BCUT2D eigenvalue weighted by Crippen LogP contribution is 2.28. The summed E-state index contributed by atoms with van der Waals surface area (Å²) in [7, 11) is 2.89. The van der Waals surface area contributed by atoms with Crippen LogP contribution in [-0.2, 0) is 4.79 Å². The second-order valence-electron chi connectivity index (χ2n) is 4.77. The lowest BCUT2D eigenvalue weighted by atomic mass is 10.1. The Kier molecular flexibility index (Phi) is 4.32. The number of rotatable bonds is 4. The molecular formula is C14H17NO6. The van der Waals surface area contributed by atoms with Crippen molar-refractivity contribution in [3.05, 3.63) is 23.8 Å². The number of aliphatic carboxylic acids is 1. The van der Waals surface area contributed by atoms with Crippen molar-refractivity contribution >= 4 is 11.9 Å². The maximum atomic E-state index is 12.6. The van der Waals surface area contributed by atoms with Crippen molar-refractivity contribution in [3.63, 3.8) is 0 Å². The normalized spacial score (nSPS) is 21.2. The molecule has 1 aromatic carbocycles. The van der Waals surface area contributed by atoms with Crippen LogP contribution >= 0.6 is 0 Å². The number of carboxylic acids is 1. The van der Waals surface area contributed by atoms with Gasteiger partial charge in [-0.2, -0.15) is 0 Å². The number of likely N-dealkylation sites (tertiary alicyclic amines) is 1. The highest BCUT2D eigenvalue weighted by atomic mass is 16.5. The molecule has 7 heteroatoms. The maximum absolute atomic E-state index is 12.6. The van der Waals surface area contributed by atoms with Crippen molar-refractivity contribution in [3.8, 4) is 11.5 Å². The lowest BCUT2D eigenvalue weighted by Crippen LogP contribution is -2.40. The molecule has 2 unspecified atom stereocenters. The van der Waals surface area contributed by atoms with Gasteiger partial charge in [-0.1, -0.05) is 0 Å². The Labute approximate surface area is 121 Å². The van der Waals surface area contributed by atoms with Crippen molar-refractivity contribution in [2.24, 2.45) is 0 Å². The number of carboxylic acid groups (broad SMARTS) is 1. The topological polar surface area (TPSA) is 96.3 Å². The van der Waals surface area contributed by atoms with Gasteiger partial charge < -0.3 is 24.6 Å². The smallest absolute Gasteiger partial charge is 0.326 e. The highest BCUT2D eigenvalue weighted by molar-refractivity contribution is 5.99. The minimum Gasteiger partial charge on any atom is -0.497 e. The zero-order chi connectivity index (χ0) is 15.6. The van der Waals surface area contributed by atoms with Crippen molar-refractivity contribution in [2.75, 3.05) is 20.8 Å². The summed E-state index contributed by atoms with van der Waals surface area (Å²) < 4.78 is 10.2. The van der Waals surface area contributed by atoms with Crippen LogP contribution in [0.5, 0.6) is 11.5 Å². The third-order valence-electron chi connectivity index (χ3n) is 3.46. The molecule has 1 aliphatic heterocycles. The van der Waals surface area contributed by atoms with Gasteiger partial charge in [-0.3, -0.25) is 4.79 Å². The zero-order valence-electron chi connectivity index (χ0n) is 11.8. The number of hydrogen-bond donors (Lipinski definition) is 2. The van der Waals surface area contributed by atoms with E-state index in [0.29, 0.717) is 11.5 Å². The van der Waals surface area contributed by atoms with E-state index in [1.54, 1.807) is 12.1 Å². The fourth-order valence-corrected chi connectivity index (χ4v) is 2.41. The highest BCUT2D eigenvalue weighted by Gasteiger charge is 2.40. The van der Waals surface area contributed by atoms with Crippen LogP contribution < -0.4 is 9.47 Å². The number of nitrogens with zero attached hydrogens (tertiary/aromatic N) is 1. The van der Waals surface area contributed by atoms with Gasteiger partial charge in [-0.25, -0.2) is 4.79 Å². The van der Waals surface area contributed by atoms with E-state index in [9.17, 15) is 14.7 Å². The summed E-state index contributed by atoms with van der Waals surface area (Å²) in [5.41, 5.74) is 0.206. The summed E-state index contributed by atoms with van der Waals surface area (Å²) in [5, 5.41) is 18.8. The monoisotopic (exact) mass is 295 g/mol. The van der Waals surface area contributed by atoms with Gasteiger partial charge in [0.2, 0.25) is 0 Å². The van der Waals surface area contributed by atoms with E-state index < -0.39 is 24.0 Å². The molecule has 0 radical (unpaired) electrons. The minimum absolute atomic E-state index is 0.0177. The first kappa shape index (κ1) is 15.1. The molecule has 1 heterocycles. The molecule has 1 saturated heterocycles. The van der Waals surface area contributed by atoms with Gasteiger partial charge in [0.25, 0.3) is 5.91 Å². The Morgan fingerprint density at radius 2 is 2.00 bits per heavy atom. The third kappa shape index (κ3) is 2.92. The number of benzene rings is 1. The Balaban J connectivity index is 2.36.